The van der Waals surface area contributed by atoms with E-state index >= 15 is 0 Å². The zero-order valence-electron chi connectivity index (χ0n) is 11.4. The summed E-state index contributed by atoms with van der Waals surface area (Å²) >= 11 is 3.27. The number of nitrogens with zero attached hydrogens (tertiary/aromatic N) is 1. The molecule has 1 fully saturated rings. The summed E-state index contributed by atoms with van der Waals surface area (Å²) in [5.41, 5.74) is 0.644. The summed E-state index contributed by atoms with van der Waals surface area (Å²) in [6.45, 7) is 4.99. The van der Waals surface area contributed by atoms with Crippen molar-refractivity contribution in [2.45, 2.75) is 25.1 Å². The van der Waals surface area contributed by atoms with E-state index in [2.05, 4.69) is 13.8 Å². The lowest BCUT2D eigenvalue weighted by atomic mass is 10.1. The maximum atomic E-state index is 12.5. The van der Waals surface area contributed by atoms with Gasteiger partial charge in [-0.15, -0.1) is 11.3 Å². The minimum Gasteiger partial charge on any atom is -0.478 e. The van der Waals surface area contributed by atoms with Crippen LogP contribution in [0.5, 0.6) is 0 Å². The average molecular weight is 311 g/mol. The van der Waals surface area contributed by atoms with E-state index < -0.39 is 5.97 Å². The number of amides is 1. The zero-order chi connectivity index (χ0) is 14.7. The molecule has 0 radical (unpaired) electrons. The second-order valence-corrected chi connectivity index (χ2v) is 7.15. The highest BCUT2D eigenvalue weighted by molar-refractivity contribution is 8.00. The number of hydrogen-bond acceptors (Lipinski definition) is 4. The Morgan fingerprint density at radius 3 is 2.90 bits per heavy atom. The molecule has 20 heavy (non-hydrogen) atoms. The van der Waals surface area contributed by atoms with Gasteiger partial charge in [-0.05, 0) is 19.1 Å². The molecule has 1 saturated heterocycles. The van der Waals surface area contributed by atoms with Gasteiger partial charge in [0, 0.05) is 39.9 Å². The second-order valence-electron chi connectivity index (χ2n) is 4.72. The van der Waals surface area contributed by atoms with Crippen LogP contribution in [-0.2, 0) is 4.79 Å². The third-order valence-corrected chi connectivity index (χ3v) is 5.64. The van der Waals surface area contributed by atoms with Gasteiger partial charge in [-0.3, -0.25) is 4.79 Å². The van der Waals surface area contributed by atoms with Gasteiger partial charge >= 0.3 is 5.97 Å². The lowest BCUT2D eigenvalue weighted by Gasteiger charge is -2.37. The Labute approximate surface area is 126 Å². The van der Waals surface area contributed by atoms with Crippen molar-refractivity contribution in [3.05, 3.63) is 28.0 Å². The molecule has 1 N–H and O–H groups in total. The van der Waals surface area contributed by atoms with Gasteiger partial charge in [-0.25, -0.2) is 4.79 Å². The largest absolute Gasteiger partial charge is 0.478 e. The first-order valence-electron chi connectivity index (χ1n) is 6.41. The molecule has 4 nitrogen and oxygen atoms in total. The van der Waals surface area contributed by atoms with E-state index in [4.69, 9.17) is 5.11 Å². The topological polar surface area (TPSA) is 57.6 Å². The molecule has 1 aliphatic rings. The van der Waals surface area contributed by atoms with Crippen LogP contribution in [-0.4, -0.2) is 45.5 Å². The second kappa shape index (κ2) is 6.45. The maximum Gasteiger partial charge on any atom is 0.328 e. The molecule has 0 spiro atoms. The highest BCUT2D eigenvalue weighted by Crippen LogP contribution is 2.27. The fourth-order valence-electron chi connectivity index (χ4n) is 2.09. The van der Waals surface area contributed by atoms with Gasteiger partial charge in [0.1, 0.15) is 0 Å². The van der Waals surface area contributed by atoms with E-state index in [1.165, 1.54) is 17.4 Å². The first-order valence-corrected chi connectivity index (χ1v) is 8.34. The molecule has 1 aromatic heterocycles. The van der Waals surface area contributed by atoms with E-state index in [9.17, 15) is 9.59 Å². The van der Waals surface area contributed by atoms with Crippen LogP contribution in [0.3, 0.4) is 0 Å². The number of carboxylic acids is 1. The summed E-state index contributed by atoms with van der Waals surface area (Å²) in [7, 11) is 0. The number of hydrogen-bond donors (Lipinski definition) is 1. The fourth-order valence-corrected chi connectivity index (χ4v) is 3.96. The Morgan fingerprint density at radius 2 is 2.20 bits per heavy atom. The molecule has 6 heteroatoms. The Morgan fingerprint density at radius 1 is 1.45 bits per heavy atom. The van der Waals surface area contributed by atoms with Crippen LogP contribution < -0.4 is 0 Å². The first-order chi connectivity index (χ1) is 9.49. The lowest BCUT2D eigenvalue weighted by molar-refractivity contribution is -0.131. The maximum absolute atomic E-state index is 12.5. The molecule has 2 heterocycles. The molecular weight excluding hydrogens is 294 g/mol. The molecule has 1 aromatic rings. The molecule has 0 saturated carbocycles. The van der Waals surface area contributed by atoms with Crippen molar-refractivity contribution in [1.29, 1.82) is 0 Å². The Bertz CT molecular complexity index is 538. The third-order valence-electron chi connectivity index (χ3n) is 3.40. The highest BCUT2D eigenvalue weighted by Gasteiger charge is 2.29. The van der Waals surface area contributed by atoms with Gasteiger partial charge in [0.2, 0.25) is 0 Å². The first kappa shape index (κ1) is 15.1. The predicted molar refractivity (Wildman–Crippen MR) is 83.4 cm³/mol. The number of aliphatic carboxylic acids is 1. The molecule has 0 bridgehead atoms. The monoisotopic (exact) mass is 311 g/mol. The molecule has 0 aromatic carbocycles. The summed E-state index contributed by atoms with van der Waals surface area (Å²) in [6, 6.07) is 1.98. The van der Waals surface area contributed by atoms with Crippen LogP contribution in [0.2, 0.25) is 0 Å². The zero-order valence-corrected chi connectivity index (χ0v) is 13.0. The molecule has 108 valence electrons. The van der Waals surface area contributed by atoms with Crippen LogP contribution in [0.25, 0.3) is 6.08 Å². The Balaban J connectivity index is 2.11. The molecular formula is C14H17NO3S2. The predicted octanol–water partition coefficient (Wildman–Crippen LogP) is 2.81. The van der Waals surface area contributed by atoms with E-state index in [1.54, 1.807) is 11.4 Å². The van der Waals surface area contributed by atoms with E-state index in [-0.39, 0.29) is 11.9 Å². The van der Waals surface area contributed by atoms with Gasteiger partial charge in [0.15, 0.2) is 0 Å². The number of carboxylic acid groups (broad SMARTS) is 1. The molecule has 1 aliphatic heterocycles. The summed E-state index contributed by atoms with van der Waals surface area (Å²) in [5.74, 6) is 0.0188. The number of carbonyl (C=O) groups is 2. The molecule has 2 unspecified atom stereocenters. The number of rotatable bonds is 3. The van der Waals surface area contributed by atoms with Crippen LogP contribution >= 0.6 is 23.1 Å². The van der Waals surface area contributed by atoms with Gasteiger partial charge < -0.3 is 10.0 Å². The van der Waals surface area contributed by atoms with Gasteiger partial charge in [-0.1, -0.05) is 6.92 Å². The van der Waals surface area contributed by atoms with Crippen LogP contribution in [0.4, 0.5) is 0 Å². The molecule has 0 aliphatic carbocycles. The molecule has 2 rings (SSSR count). The van der Waals surface area contributed by atoms with Crippen LogP contribution in [0, 0.1) is 0 Å². The van der Waals surface area contributed by atoms with Gasteiger partial charge in [0.05, 0.1) is 5.56 Å². The van der Waals surface area contributed by atoms with Crippen LogP contribution in [0.15, 0.2) is 17.5 Å². The summed E-state index contributed by atoms with van der Waals surface area (Å²) in [5, 5.41) is 10.8. The Hall–Kier alpha value is -1.27. The smallest absolute Gasteiger partial charge is 0.328 e. The van der Waals surface area contributed by atoms with Crippen molar-refractivity contribution < 1.29 is 14.7 Å². The van der Waals surface area contributed by atoms with E-state index in [1.807, 2.05) is 16.7 Å². The quantitative estimate of drug-likeness (QED) is 0.872. The third kappa shape index (κ3) is 3.43. The summed E-state index contributed by atoms with van der Waals surface area (Å²) in [6.07, 6.45) is 2.60. The average Bonchev–Trinajstić information content (AvgIpc) is 2.87. The minimum atomic E-state index is -0.984. The van der Waals surface area contributed by atoms with Crippen molar-refractivity contribution in [3.63, 3.8) is 0 Å². The number of thioether (sulfide) groups is 1. The van der Waals surface area contributed by atoms with Crippen LogP contribution in [0.1, 0.15) is 29.1 Å². The SMILES string of the molecule is CC1SCCN(C(=O)c2csc(/C=C/C(=O)O)c2)C1C. The number of thiophene rings is 1. The van der Waals surface area contributed by atoms with Crippen molar-refractivity contribution in [2.24, 2.45) is 0 Å². The highest BCUT2D eigenvalue weighted by atomic mass is 32.2. The minimum absolute atomic E-state index is 0.0378. The Kier molecular flexibility index (Phi) is 4.88. The van der Waals surface area contributed by atoms with E-state index in [0.29, 0.717) is 10.8 Å². The molecule has 2 atom stereocenters. The summed E-state index contributed by atoms with van der Waals surface area (Å²) in [4.78, 5) is 25.7. The molecule has 1 amide bonds. The van der Waals surface area contributed by atoms with Crippen molar-refractivity contribution in [1.82, 2.24) is 4.90 Å². The van der Waals surface area contributed by atoms with Gasteiger partial charge in [0.25, 0.3) is 5.91 Å². The van der Waals surface area contributed by atoms with Crippen molar-refractivity contribution >= 4 is 41.1 Å². The lowest BCUT2D eigenvalue weighted by Crippen LogP contribution is -2.47. The van der Waals surface area contributed by atoms with Gasteiger partial charge in [-0.2, -0.15) is 11.8 Å². The standard InChI is InChI=1S/C14H17NO3S2/c1-9-10(2)19-6-5-15(9)14(18)11-7-12(20-8-11)3-4-13(16)17/h3-4,7-10H,5-6H2,1-2H3,(H,16,17)/b4-3+. The fraction of sp³-hybridized carbons (Fsp3) is 0.429. The summed E-state index contributed by atoms with van der Waals surface area (Å²) < 4.78 is 0. The normalized spacial score (nSPS) is 23.2. The van der Waals surface area contributed by atoms with E-state index in [0.717, 1.165) is 23.3 Å². The van der Waals surface area contributed by atoms with Crippen molar-refractivity contribution in [3.8, 4) is 0 Å². The number of carbonyl (C=O) groups excluding carboxylic acids is 1. The van der Waals surface area contributed by atoms with Crippen molar-refractivity contribution in [2.75, 3.05) is 12.3 Å².